The minimum absolute atomic E-state index is 0.109. The fraction of sp³-hybridized carbons (Fsp3) is 0.500. The van der Waals surface area contributed by atoms with Crippen LogP contribution in [0.1, 0.15) is 45.6 Å². The molecule has 1 fully saturated rings. The largest absolute Gasteiger partial charge is 0.388 e. The summed E-state index contributed by atoms with van der Waals surface area (Å²) in [5, 5.41) is 13.0. The van der Waals surface area contributed by atoms with Gasteiger partial charge in [0.1, 0.15) is 0 Å². The van der Waals surface area contributed by atoms with Gasteiger partial charge in [-0.25, -0.2) is 0 Å². The first-order valence-corrected chi connectivity index (χ1v) is 8.92. The van der Waals surface area contributed by atoms with Crippen LogP contribution in [0.15, 0.2) is 30.3 Å². The van der Waals surface area contributed by atoms with Gasteiger partial charge in [0.2, 0.25) is 11.8 Å². The van der Waals surface area contributed by atoms with Gasteiger partial charge in [-0.15, -0.1) is 0 Å². The lowest BCUT2D eigenvalue weighted by Gasteiger charge is -2.29. The Morgan fingerprint density at radius 2 is 2.08 bits per heavy atom. The maximum absolute atomic E-state index is 11.9. The number of nitrogens with zero attached hydrogens (tertiary/aromatic N) is 1. The van der Waals surface area contributed by atoms with Gasteiger partial charge in [0.05, 0.1) is 5.60 Å². The number of carbonyl (C=O) groups excluding carboxylic acids is 2. The molecule has 1 aromatic rings. The van der Waals surface area contributed by atoms with Gasteiger partial charge in [0.25, 0.3) is 0 Å². The fourth-order valence-electron chi connectivity index (χ4n) is 2.80. The van der Waals surface area contributed by atoms with Crippen LogP contribution in [0.5, 0.6) is 0 Å². The summed E-state index contributed by atoms with van der Waals surface area (Å²) in [4.78, 5) is 25.5. The van der Waals surface area contributed by atoms with E-state index in [1.54, 1.807) is 17.9 Å². The Morgan fingerprint density at radius 3 is 2.64 bits per heavy atom. The summed E-state index contributed by atoms with van der Waals surface area (Å²) < 4.78 is 0. The van der Waals surface area contributed by atoms with Crippen LogP contribution in [0.25, 0.3) is 6.08 Å². The molecule has 0 saturated carbocycles. The number of rotatable bonds is 7. The summed E-state index contributed by atoms with van der Waals surface area (Å²) in [5.74, 6) is 0.0380. The topological polar surface area (TPSA) is 69.6 Å². The van der Waals surface area contributed by atoms with Gasteiger partial charge in [-0.3, -0.25) is 9.59 Å². The van der Waals surface area contributed by atoms with Crippen molar-refractivity contribution in [3.8, 4) is 0 Å². The zero-order valence-corrected chi connectivity index (χ0v) is 15.3. The molecule has 1 aliphatic heterocycles. The van der Waals surface area contributed by atoms with E-state index in [0.29, 0.717) is 6.42 Å². The van der Waals surface area contributed by atoms with Crippen molar-refractivity contribution in [1.29, 1.82) is 0 Å². The molecule has 0 aliphatic carbocycles. The minimum Gasteiger partial charge on any atom is -0.388 e. The number of hydrogen-bond donors (Lipinski definition) is 2. The predicted molar refractivity (Wildman–Crippen MR) is 100 cm³/mol. The first-order valence-electron chi connectivity index (χ1n) is 8.92. The number of amides is 2. The van der Waals surface area contributed by atoms with E-state index in [1.165, 1.54) is 6.08 Å². The van der Waals surface area contributed by atoms with Crippen LogP contribution < -0.4 is 10.2 Å². The number of hydrogen-bond acceptors (Lipinski definition) is 3. The third-order valence-electron chi connectivity index (χ3n) is 5.00. The highest BCUT2D eigenvalue weighted by Gasteiger charge is 2.27. The van der Waals surface area contributed by atoms with E-state index in [0.717, 1.165) is 30.6 Å². The Labute approximate surface area is 149 Å². The highest BCUT2D eigenvalue weighted by atomic mass is 16.3. The molecule has 1 saturated heterocycles. The highest BCUT2D eigenvalue weighted by Crippen LogP contribution is 2.22. The predicted octanol–water partition coefficient (Wildman–Crippen LogP) is 2.74. The Balaban J connectivity index is 1.88. The Kier molecular flexibility index (Phi) is 6.37. The maximum Gasteiger partial charge on any atom is 0.244 e. The first kappa shape index (κ1) is 19.2. The van der Waals surface area contributed by atoms with Gasteiger partial charge in [0, 0.05) is 31.3 Å². The molecule has 0 spiro atoms. The molecule has 5 nitrogen and oxygen atoms in total. The van der Waals surface area contributed by atoms with Gasteiger partial charge < -0.3 is 15.3 Å². The van der Waals surface area contributed by atoms with Crippen molar-refractivity contribution in [1.82, 2.24) is 5.32 Å². The van der Waals surface area contributed by atoms with E-state index in [1.807, 2.05) is 38.1 Å². The van der Waals surface area contributed by atoms with Crippen molar-refractivity contribution in [3.63, 3.8) is 0 Å². The van der Waals surface area contributed by atoms with Crippen LogP contribution in [0.4, 0.5) is 5.69 Å². The number of benzene rings is 1. The molecule has 2 atom stereocenters. The molecule has 0 radical (unpaired) electrons. The minimum atomic E-state index is -0.915. The van der Waals surface area contributed by atoms with Crippen molar-refractivity contribution in [3.05, 3.63) is 35.9 Å². The Hall–Kier alpha value is -2.14. The second kappa shape index (κ2) is 8.30. The zero-order chi connectivity index (χ0) is 18.4. The quantitative estimate of drug-likeness (QED) is 0.747. The van der Waals surface area contributed by atoms with Crippen LogP contribution in [-0.2, 0) is 9.59 Å². The first-order chi connectivity index (χ1) is 11.8. The van der Waals surface area contributed by atoms with E-state index in [4.69, 9.17) is 0 Å². The van der Waals surface area contributed by atoms with E-state index in [9.17, 15) is 14.7 Å². The van der Waals surface area contributed by atoms with E-state index >= 15 is 0 Å². The van der Waals surface area contributed by atoms with E-state index < -0.39 is 5.60 Å². The van der Waals surface area contributed by atoms with Crippen LogP contribution in [0, 0.1) is 5.92 Å². The molecule has 0 aromatic heterocycles. The average molecular weight is 344 g/mol. The van der Waals surface area contributed by atoms with Crippen molar-refractivity contribution in [2.24, 2.45) is 5.92 Å². The summed E-state index contributed by atoms with van der Waals surface area (Å²) in [6.45, 7) is 6.71. The van der Waals surface area contributed by atoms with Crippen LogP contribution in [0.2, 0.25) is 0 Å². The molecular formula is C20H28N2O3. The van der Waals surface area contributed by atoms with Gasteiger partial charge in [0.15, 0.2) is 0 Å². The maximum atomic E-state index is 11.9. The van der Waals surface area contributed by atoms with Crippen molar-refractivity contribution in [2.75, 3.05) is 18.0 Å². The van der Waals surface area contributed by atoms with E-state index in [-0.39, 0.29) is 24.3 Å². The van der Waals surface area contributed by atoms with Crippen molar-refractivity contribution in [2.45, 2.75) is 45.6 Å². The summed E-state index contributed by atoms with van der Waals surface area (Å²) in [5.41, 5.74) is 0.871. The second-order valence-electron chi connectivity index (χ2n) is 6.96. The number of nitrogens with one attached hydrogen (secondary N) is 1. The monoisotopic (exact) mass is 344 g/mol. The molecule has 1 aromatic carbocycles. The van der Waals surface area contributed by atoms with Gasteiger partial charge in [-0.1, -0.05) is 32.4 Å². The molecule has 136 valence electrons. The van der Waals surface area contributed by atoms with Crippen LogP contribution in [0.3, 0.4) is 0 Å². The fourth-order valence-corrected chi connectivity index (χ4v) is 2.80. The molecule has 2 N–H and O–H groups in total. The molecule has 2 unspecified atom stereocenters. The molecule has 2 rings (SSSR count). The zero-order valence-electron chi connectivity index (χ0n) is 15.3. The van der Waals surface area contributed by atoms with Gasteiger partial charge in [-0.2, -0.15) is 0 Å². The van der Waals surface area contributed by atoms with Crippen LogP contribution in [-0.4, -0.2) is 35.6 Å². The summed E-state index contributed by atoms with van der Waals surface area (Å²) >= 11 is 0. The lowest BCUT2D eigenvalue weighted by atomic mass is 9.89. The van der Waals surface area contributed by atoms with Gasteiger partial charge >= 0.3 is 0 Å². The lowest BCUT2D eigenvalue weighted by Crippen LogP contribution is -2.44. The van der Waals surface area contributed by atoms with E-state index in [2.05, 4.69) is 5.32 Å². The molecule has 5 heteroatoms. The summed E-state index contributed by atoms with van der Waals surface area (Å²) in [6, 6.07) is 7.57. The highest BCUT2D eigenvalue weighted by molar-refractivity contribution is 5.95. The smallest absolute Gasteiger partial charge is 0.244 e. The molecule has 1 aliphatic rings. The standard InChI is InChI=1S/C20H28N2O3/c1-4-15(2)20(3,25)14-21-18(23)12-9-16-7-10-17(11-8-16)22-13-5-6-19(22)24/h7-12,15,25H,4-6,13-14H2,1-3H3,(H,21,23). The molecular weight excluding hydrogens is 316 g/mol. The van der Waals surface area contributed by atoms with Crippen molar-refractivity contribution < 1.29 is 14.7 Å². The molecule has 1 heterocycles. The number of carbonyl (C=O) groups is 2. The molecule has 2 amide bonds. The normalized spacial score (nSPS) is 18.4. The summed E-state index contributed by atoms with van der Waals surface area (Å²) in [6.07, 6.45) is 5.56. The molecule has 0 bridgehead atoms. The SMILES string of the molecule is CCC(C)C(C)(O)CNC(=O)C=Cc1ccc(N2CCCC2=O)cc1. The Bertz CT molecular complexity index is 635. The average Bonchev–Trinajstić information content (AvgIpc) is 3.04. The van der Waals surface area contributed by atoms with Crippen LogP contribution >= 0.6 is 0 Å². The third-order valence-corrected chi connectivity index (χ3v) is 5.00. The summed E-state index contributed by atoms with van der Waals surface area (Å²) in [7, 11) is 0. The number of aliphatic hydroxyl groups is 1. The Morgan fingerprint density at radius 1 is 1.40 bits per heavy atom. The van der Waals surface area contributed by atoms with Crippen molar-refractivity contribution >= 4 is 23.6 Å². The third kappa shape index (κ3) is 5.16. The second-order valence-corrected chi connectivity index (χ2v) is 6.96. The lowest BCUT2D eigenvalue weighted by molar-refractivity contribution is -0.118. The molecule has 25 heavy (non-hydrogen) atoms. The van der Waals surface area contributed by atoms with Gasteiger partial charge in [-0.05, 0) is 43.0 Å². The number of anilines is 1.